The quantitative estimate of drug-likeness (QED) is 0.158. The Kier molecular flexibility index (Phi) is 13.0. The van der Waals surface area contributed by atoms with E-state index in [4.69, 9.17) is 19.5 Å². The first-order valence-electron chi connectivity index (χ1n) is 19.0. The van der Waals surface area contributed by atoms with E-state index in [0.29, 0.717) is 25.0 Å². The predicted molar refractivity (Wildman–Crippen MR) is 230 cm³/mol. The van der Waals surface area contributed by atoms with Gasteiger partial charge in [-0.2, -0.15) is 0 Å². The van der Waals surface area contributed by atoms with E-state index in [-0.39, 0.29) is 12.1 Å². The topological polar surface area (TPSA) is 43.2 Å². The molecule has 6 aromatic carbocycles. The number of aliphatic imine (C=N–C) groups is 2. The fourth-order valence-electron chi connectivity index (χ4n) is 6.91. The van der Waals surface area contributed by atoms with Gasteiger partial charge in [-0.3, -0.25) is 0 Å². The zero-order chi connectivity index (χ0) is 37.3. The molecule has 0 bridgehead atoms. The molecule has 0 aromatic heterocycles. The normalized spacial score (nSPS) is 16.4. The van der Waals surface area contributed by atoms with Crippen LogP contribution in [-0.2, 0) is 9.47 Å². The van der Waals surface area contributed by atoms with Crippen molar-refractivity contribution in [3.8, 4) is 0 Å². The fraction of sp³-hybridized carbons (Fsp3) is 0.208. The summed E-state index contributed by atoms with van der Waals surface area (Å²) in [6, 6.07) is 61.9. The van der Waals surface area contributed by atoms with Gasteiger partial charge in [0.1, 0.15) is 0 Å². The van der Waals surface area contributed by atoms with Crippen LogP contribution in [0.25, 0.3) is 0 Å². The van der Waals surface area contributed by atoms with Crippen molar-refractivity contribution in [2.24, 2.45) is 21.8 Å². The molecule has 0 N–H and O–H groups in total. The van der Waals surface area contributed by atoms with E-state index in [1.54, 1.807) is 0 Å². The maximum absolute atomic E-state index is 6.06. The average molecular weight is 922 g/mol. The van der Waals surface area contributed by atoms with Gasteiger partial charge in [0.15, 0.2) is 0 Å². The molecule has 54 heavy (non-hydrogen) atoms. The third-order valence-corrected chi connectivity index (χ3v) is 26.0. The summed E-state index contributed by atoms with van der Waals surface area (Å²) in [7, 11) is 0. The molecule has 270 valence electrons. The molecular formula is C48H48N2O2Sn2. The summed E-state index contributed by atoms with van der Waals surface area (Å²) in [5, 5.41) is 0. The Morgan fingerprint density at radius 2 is 0.685 bits per heavy atom. The molecule has 2 atom stereocenters. The molecule has 6 aromatic rings. The van der Waals surface area contributed by atoms with Gasteiger partial charge >= 0.3 is 338 Å². The second-order valence-corrected chi connectivity index (χ2v) is 28.4. The van der Waals surface area contributed by atoms with Gasteiger partial charge in [-0.15, -0.1) is 0 Å². The number of ether oxygens (including phenoxy) is 2. The first kappa shape index (κ1) is 38.1. The van der Waals surface area contributed by atoms with E-state index >= 15 is 0 Å². The first-order chi connectivity index (χ1) is 26.5. The molecule has 4 nitrogen and oxygen atoms in total. The standard InChI is InChI=1S/2C12H14NO.4C6H5.2Sn/c2*1-9(2)11-8-14-12(13-11)10-6-4-3-5-7-10;4*1-2-4-6-5-3-1;;/h2*3-6,9,11H,8H2,1-2H3;4*1-5H;;/t2*11-;;;;;;/m11....../s1. The summed E-state index contributed by atoms with van der Waals surface area (Å²) in [4.78, 5) is 9.83. The van der Waals surface area contributed by atoms with E-state index in [2.05, 4.69) is 198 Å². The summed E-state index contributed by atoms with van der Waals surface area (Å²) < 4.78 is 20.9. The van der Waals surface area contributed by atoms with E-state index in [9.17, 15) is 0 Å². The van der Waals surface area contributed by atoms with Crippen molar-refractivity contribution >= 4 is 72.8 Å². The SMILES string of the molecule is CC(C)[C@H]1COC(c2cccc[c]2[Sn]([c]2ccccc2)[c]2ccccc2)=N1.CC(C)[C@H]1COC(c2cccc[c]2[Sn]([c]2ccccc2)[c]2ccccc2)=N1. The zero-order valence-electron chi connectivity index (χ0n) is 31.6. The summed E-state index contributed by atoms with van der Waals surface area (Å²) in [6.45, 7) is 10.2. The van der Waals surface area contributed by atoms with Gasteiger partial charge < -0.3 is 0 Å². The zero-order valence-corrected chi connectivity index (χ0v) is 37.3. The minimum absolute atomic E-state index is 0.258. The summed E-state index contributed by atoms with van der Waals surface area (Å²) in [5.41, 5.74) is 2.37. The minimum atomic E-state index is -2.34. The van der Waals surface area contributed by atoms with Crippen molar-refractivity contribution < 1.29 is 9.47 Å². The molecule has 2 aliphatic heterocycles. The Morgan fingerprint density at radius 1 is 0.407 bits per heavy atom. The van der Waals surface area contributed by atoms with Crippen LogP contribution in [-0.4, -0.2) is 76.6 Å². The van der Waals surface area contributed by atoms with Crippen LogP contribution >= 0.6 is 0 Å². The maximum atomic E-state index is 6.06. The summed E-state index contributed by atoms with van der Waals surface area (Å²) in [5.74, 6) is 2.65. The molecule has 2 radical (unpaired) electrons. The molecular weight excluding hydrogens is 874 g/mol. The van der Waals surface area contributed by atoms with Gasteiger partial charge in [0.25, 0.3) is 0 Å². The first-order valence-corrected chi connectivity index (χ1v) is 27.6. The molecule has 0 spiro atoms. The van der Waals surface area contributed by atoms with Gasteiger partial charge in [0.05, 0.1) is 0 Å². The van der Waals surface area contributed by atoms with Crippen LogP contribution < -0.4 is 21.5 Å². The summed E-state index contributed by atoms with van der Waals surface area (Å²) in [6.07, 6.45) is 0. The van der Waals surface area contributed by atoms with Crippen LogP contribution in [0.4, 0.5) is 0 Å². The van der Waals surface area contributed by atoms with Crippen LogP contribution in [0.15, 0.2) is 180 Å². The van der Waals surface area contributed by atoms with Crippen molar-refractivity contribution in [2.75, 3.05) is 13.2 Å². The van der Waals surface area contributed by atoms with Gasteiger partial charge in [-0.25, -0.2) is 0 Å². The third kappa shape index (κ3) is 9.03. The van der Waals surface area contributed by atoms with Gasteiger partial charge in [-0.1, -0.05) is 0 Å². The van der Waals surface area contributed by atoms with Gasteiger partial charge in [0, 0.05) is 0 Å². The van der Waals surface area contributed by atoms with Crippen molar-refractivity contribution in [3.05, 3.63) is 181 Å². The van der Waals surface area contributed by atoms with E-state index in [0.717, 1.165) is 11.8 Å². The van der Waals surface area contributed by atoms with Crippen LogP contribution in [0.3, 0.4) is 0 Å². The molecule has 2 heterocycles. The van der Waals surface area contributed by atoms with E-state index in [1.165, 1.54) is 32.6 Å². The van der Waals surface area contributed by atoms with Crippen molar-refractivity contribution in [1.29, 1.82) is 0 Å². The molecule has 6 heteroatoms. The Hall–Kier alpha value is -4.14. The Labute approximate surface area is 335 Å². The van der Waals surface area contributed by atoms with Crippen LogP contribution in [0.5, 0.6) is 0 Å². The third-order valence-electron chi connectivity index (χ3n) is 9.99. The van der Waals surface area contributed by atoms with Gasteiger partial charge in [0.2, 0.25) is 0 Å². The van der Waals surface area contributed by atoms with E-state index < -0.39 is 39.5 Å². The van der Waals surface area contributed by atoms with Gasteiger partial charge in [-0.05, 0) is 0 Å². The monoisotopic (exact) mass is 924 g/mol. The molecule has 0 fully saturated rings. The molecule has 0 saturated carbocycles. The van der Waals surface area contributed by atoms with Crippen LogP contribution in [0.1, 0.15) is 38.8 Å². The summed E-state index contributed by atoms with van der Waals surface area (Å²) >= 11 is -4.68. The number of benzene rings is 6. The predicted octanol–water partition coefficient (Wildman–Crippen LogP) is 6.01. The van der Waals surface area contributed by atoms with E-state index in [1.807, 2.05) is 0 Å². The average Bonchev–Trinajstić information content (AvgIpc) is 3.93. The Morgan fingerprint density at radius 3 is 0.963 bits per heavy atom. The molecule has 0 unspecified atom stereocenters. The Bertz CT molecular complexity index is 1920. The Balaban J connectivity index is 0.000000167. The van der Waals surface area contributed by atoms with Crippen molar-refractivity contribution in [1.82, 2.24) is 0 Å². The fourth-order valence-corrected chi connectivity index (χ4v) is 22.5. The number of hydrogen-bond donors (Lipinski definition) is 0. The van der Waals surface area contributed by atoms with Crippen molar-refractivity contribution in [3.63, 3.8) is 0 Å². The van der Waals surface area contributed by atoms with Crippen LogP contribution in [0.2, 0.25) is 0 Å². The van der Waals surface area contributed by atoms with Crippen molar-refractivity contribution in [2.45, 2.75) is 39.8 Å². The molecule has 0 aliphatic carbocycles. The second-order valence-electron chi connectivity index (χ2n) is 14.4. The number of rotatable bonds is 10. The number of hydrogen-bond acceptors (Lipinski definition) is 4. The molecule has 8 rings (SSSR count). The molecule has 0 saturated heterocycles. The number of nitrogens with zero attached hydrogens (tertiary/aromatic N) is 2. The molecule has 2 aliphatic rings. The molecule has 0 amide bonds. The second kappa shape index (κ2) is 18.5. The van der Waals surface area contributed by atoms with Crippen LogP contribution in [0, 0.1) is 11.8 Å².